The highest BCUT2D eigenvalue weighted by molar-refractivity contribution is 6.11. The molecule has 0 saturated carbocycles. The molecule has 2 heterocycles. The van der Waals surface area contributed by atoms with Crippen LogP contribution in [0.2, 0.25) is 0 Å². The number of fused-ring (bicyclic) bond motifs is 6. The normalized spacial score (nSPS) is 11.5. The molecular formula is C66H44N2O. The lowest BCUT2D eigenvalue weighted by atomic mass is 9.99. The number of anilines is 3. The molecular weight excluding hydrogens is 837 g/mol. The molecule has 0 aliphatic heterocycles. The van der Waals surface area contributed by atoms with Crippen molar-refractivity contribution in [3.05, 3.63) is 267 Å². The van der Waals surface area contributed by atoms with Gasteiger partial charge in [0.2, 0.25) is 0 Å². The number of aromatic nitrogens is 1. The first-order chi connectivity index (χ1) is 34.2. The van der Waals surface area contributed by atoms with Crippen LogP contribution in [0.25, 0.3) is 105 Å². The third kappa shape index (κ3) is 7.25. The van der Waals surface area contributed by atoms with Crippen molar-refractivity contribution in [3.63, 3.8) is 0 Å². The lowest BCUT2D eigenvalue weighted by Crippen LogP contribution is -2.09. The van der Waals surface area contributed by atoms with Gasteiger partial charge in [0, 0.05) is 49.9 Å². The molecule has 0 bridgehead atoms. The summed E-state index contributed by atoms with van der Waals surface area (Å²) in [5.74, 6) is 0. The van der Waals surface area contributed by atoms with E-state index in [1.54, 1.807) is 0 Å². The van der Waals surface area contributed by atoms with Crippen molar-refractivity contribution in [1.29, 1.82) is 0 Å². The number of para-hydroxylation sites is 3. The van der Waals surface area contributed by atoms with Crippen molar-refractivity contribution >= 4 is 60.8 Å². The van der Waals surface area contributed by atoms with Gasteiger partial charge < -0.3 is 13.9 Å². The molecule has 13 rings (SSSR count). The number of rotatable bonds is 9. The lowest BCUT2D eigenvalue weighted by Gasteiger charge is -2.26. The lowest BCUT2D eigenvalue weighted by molar-refractivity contribution is 0.670. The van der Waals surface area contributed by atoms with Gasteiger partial charge in [-0.1, -0.05) is 194 Å². The summed E-state index contributed by atoms with van der Waals surface area (Å²) in [6.07, 6.45) is 0. The molecule has 0 aliphatic carbocycles. The summed E-state index contributed by atoms with van der Waals surface area (Å²) in [7, 11) is 0. The Bertz CT molecular complexity index is 3910. The van der Waals surface area contributed by atoms with Crippen LogP contribution in [-0.4, -0.2) is 4.57 Å². The molecule has 11 aromatic carbocycles. The molecule has 0 fully saturated rings. The van der Waals surface area contributed by atoms with Gasteiger partial charge >= 0.3 is 0 Å². The van der Waals surface area contributed by atoms with Gasteiger partial charge in [-0.2, -0.15) is 0 Å². The average Bonchev–Trinajstić information content (AvgIpc) is 3.98. The fraction of sp³-hybridized carbons (Fsp3) is 0. The molecule has 3 nitrogen and oxygen atoms in total. The second-order valence-corrected chi connectivity index (χ2v) is 17.7. The second-order valence-electron chi connectivity index (χ2n) is 17.7. The predicted molar refractivity (Wildman–Crippen MR) is 290 cm³/mol. The molecule has 69 heavy (non-hydrogen) atoms. The standard InChI is InChI=1S/C66H44N2O/c1-3-13-45(14-4-1)46-25-27-47(28-26-46)48-29-36-54(37-30-48)67(55-38-31-49(32-39-55)52-17-11-18-57(43-52)68-63-23-9-7-19-59(63)60-20-8-10-24-64(60)68)56-40-33-50(34-41-56)53-35-42-65-62(44-53)61-22-12-21-58(66(61)69-65)51-15-5-2-6-16-51/h1-44H. The smallest absolute Gasteiger partial charge is 0.143 e. The Morgan fingerprint density at radius 2 is 0.681 bits per heavy atom. The van der Waals surface area contributed by atoms with Crippen LogP contribution < -0.4 is 4.90 Å². The maximum absolute atomic E-state index is 6.52. The van der Waals surface area contributed by atoms with Crippen LogP contribution in [0.4, 0.5) is 17.1 Å². The predicted octanol–water partition coefficient (Wildman–Crippen LogP) is 18.5. The summed E-state index contributed by atoms with van der Waals surface area (Å²) in [6.45, 7) is 0. The Labute approximate surface area is 401 Å². The number of benzene rings is 11. The van der Waals surface area contributed by atoms with Crippen molar-refractivity contribution in [1.82, 2.24) is 4.57 Å². The van der Waals surface area contributed by atoms with E-state index < -0.39 is 0 Å². The van der Waals surface area contributed by atoms with Gasteiger partial charge in [-0.05, 0) is 123 Å². The first-order valence-corrected chi connectivity index (χ1v) is 23.6. The fourth-order valence-electron chi connectivity index (χ4n) is 10.2. The van der Waals surface area contributed by atoms with Crippen LogP contribution in [0.5, 0.6) is 0 Å². The molecule has 2 aromatic heterocycles. The molecule has 0 unspecified atom stereocenters. The van der Waals surface area contributed by atoms with Crippen LogP contribution in [0, 0.1) is 0 Å². The molecule has 0 N–H and O–H groups in total. The quantitative estimate of drug-likeness (QED) is 0.144. The van der Waals surface area contributed by atoms with E-state index in [-0.39, 0.29) is 0 Å². The van der Waals surface area contributed by atoms with Crippen molar-refractivity contribution in [2.24, 2.45) is 0 Å². The SMILES string of the molecule is c1ccc(-c2ccc(-c3ccc(N(c4ccc(-c5cccc(-n6c7ccccc7c7ccccc76)c5)cc4)c4ccc(-c5ccc6oc7c(-c8ccccc8)cccc7c6c5)cc4)cc3)cc2)cc1. The van der Waals surface area contributed by atoms with Crippen LogP contribution in [0.1, 0.15) is 0 Å². The molecule has 0 atom stereocenters. The zero-order valence-corrected chi connectivity index (χ0v) is 37.7. The van der Waals surface area contributed by atoms with Crippen LogP contribution in [0.3, 0.4) is 0 Å². The largest absolute Gasteiger partial charge is 0.455 e. The minimum Gasteiger partial charge on any atom is -0.455 e. The van der Waals surface area contributed by atoms with Gasteiger partial charge in [0.1, 0.15) is 11.2 Å². The minimum atomic E-state index is 0.886. The summed E-state index contributed by atoms with van der Waals surface area (Å²) in [5.41, 5.74) is 20.2. The van der Waals surface area contributed by atoms with Gasteiger partial charge in [-0.3, -0.25) is 0 Å². The fourth-order valence-corrected chi connectivity index (χ4v) is 10.2. The first-order valence-electron chi connectivity index (χ1n) is 23.6. The minimum absolute atomic E-state index is 0.886. The number of hydrogen-bond donors (Lipinski definition) is 0. The van der Waals surface area contributed by atoms with Crippen molar-refractivity contribution in [2.75, 3.05) is 4.90 Å². The van der Waals surface area contributed by atoms with Crippen molar-refractivity contribution in [2.45, 2.75) is 0 Å². The Balaban J connectivity index is 0.853. The monoisotopic (exact) mass is 880 g/mol. The maximum atomic E-state index is 6.52. The Morgan fingerprint density at radius 1 is 0.275 bits per heavy atom. The molecule has 0 saturated heterocycles. The molecule has 13 aromatic rings. The van der Waals surface area contributed by atoms with E-state index in [0.717, 1.165) is 78.1 Å². The van der Waals surface area contributed by atoms with Crippen LogP contribution in [0.15, 0.2) is 271 Å². The van der Waals surface area contributed by atoms with Crippen molar-refractivity contribution in [3.8, 4) is 61.3 Å². The van der Waals surface area contributed by atoms with E-state index >= 15 is 0 Å². The number of furan rings is 1. The molecule has 0 aliphatic rings. The van der Waals surface area contributed by atoms with E-state index in [4.69, 9.17) is 4.42 Å². The second kappa shape index (κ2) is 16.9. The van der Waals surface area contributed by atoms with E-state index in [1.165, 1.54) is 44.1 Å². The summed E-state index contributed by atoms with van der Waals surface area (Å²) in [6, 6.07) is 96.0. The zero-order chi connectivity index (χ0) is 45.7. The Morgan fingerprint density at radius 3 is 1.25 bits per heavy atom. The molecule has 0 amide bonds. The zero-order valence-electron chi connectivity index (χ0n) is 37.7. The molecule has 0 spiro atoms. The van der Waals surface area contributed by atoms with E-state index in [1.807, 2.05) is 6.07 Å². The van der Waals surface area contributed by atoms with Crippen LogP contribution in [-0.2, 0) is 0 Å². The van der Waals surface area contributed by atoms with Gasteiger partial charge in [0.15, 0.2) is 0 Å². The number of hydrogen-bond acceptors (Lipinski definition) is 2. The first kappa shape index (κ1) is 40.1. The third-order valence-electron chi connectivity index (χ3n) is 13.6. The van der Waals surface area contributed by atoms with E-state index in [9.17, 15) is 0 Å². The highest BCUT2D eigenvalue weighted by Gasteiger charge is 2.17. The molecule has 324 valence electrons. The highest BCUT2D eigenvalue weighted by atomic mass is 16.3. The maximum Gasteiger partial charge on any atom is 0.143 e. The van der Waals surface area contributed by atoms with Gasteiger partial charge in [0.25, 0.3) is 0 Å². The molecule has 3 heteroatoms. The molecule has 0 radical (unpaired) electrons. The van der Waals surface area contributed by atoms with E-state index in [2.05, 4.69) is 270 Å². The van der Waals surface area contributed by atoms with Crippen LogP contribution >= 0.6 is 0 Å². The van der Waals surface area contributed by atoms with Gasteiger partial charge in [-0.15, -0.1) is 0 Å². The van der Waals surface area contributed by atoms with Gasteiger partial charge in [0.05, 0.1) is 11.0 Å². The van der Waals surface area contributed by atoms with Crippen molar-refractivity contribution < 1.29 is 4.42 Å². The highest BCUT2D eigenvalue weighted by Crippen LogP contribution is 2.41. The topological polar surface area (TPSA) is 21.3 Å². The summed E-state index contributed by atoms with van der Waals surface area (Å²) >= 11 is 0. The third-order valence-corrected chi connectivity index (χ3v) is 13.6. The summed E-state index contributed by atoms with van der Waals surface area (Å²) < 4.78 is 8.90. The number of nitrogens with zero attached hydrogens (tertiary/aromatic N) is 2. The summed E-state index contributed by atoms with van der Waals surface area (Å²) in [4.78, 5) is 2.35. The Hall–Kier alpha value is -9.18. The van der Waals surface area contributed by atoms with E-state index in [0.29, 0.717) is 0 Å². The Kier molecular flexibility index (Phi) is 9.84. The van der Waals surface area contributed by atoms with Gasteiger partial charge in [-0.25, -0.2) is 0 Å². The summed E-state index contributed by atoms with van der Waals surface area (Å²) in [5, 5.41) is 4.75. The average molecular weight is 881 g/mol.